The Hall–Kier alpha value is -1.63. The number of rotatable bonds is 5. The monoisotopic (exact) mass is 282 g/mol. The van der Waals surface area contributed by atoms with Gasteiger partial charge in [-0.25, -0.2) is 9.78 Å². The molecule has 1 aromatic heterocycles. The summed E-state index contributed by atoms with van der Waals surface area (Å²) >= 11 is 1.60. The Balaban J connectivity index is 1.73. The van der Waals surface area contributed by atoms with Gasteiger partial charge >= 0.3 is 6.03 Å². The van der Waals surface area contributed by atoms with Crippen LogP contribution in [0.2, 0.25) is 0 Å². The van der Waals surface area contributed by atoms with Gasteiger partial charge in [0, 0.05) is 31.1 Å². The maximum absolute atomic E-state index is 11.8. The van der Waals surface area contributed by atoms with Gasteiger partial charge in [0.05, 0.1) is 17.1 Å². The van der Waals surface area contributed by atoms with Crippen molar-refractivity contribution in [3.8, 4) is 0 Å². The Labute approximate surface area is 116 Å². The van der Waals surface area contributed by atoms with Crippen LogP contribution in [0.5, 0.6) is 0 Å². The van der Waals surface area contributed by atoms with Gasteiger partial charge in [-0.15, -0.1) is 11.3 Å². The highest BCUT2D eigenvalue weighted by Crippen LogP contribution is 2.16. The van der Waals surface area contributed by atoms with Crippen LogP contribution in [-0.4, -0.2) is 48.0 Å². The van der Waals surface area contributed by atoms with Crippen molar-refractivity contribution in [2.24, 2.45) is 0 Å². The predicted octanol–water partition coefficient (Wildman–Crippen LogP) is 0.444. The van der Waals surface area contributed by atoms with Crippen molar-refractivity contribution in [3.63, 3.8) is 0 Å². The lowest BCUT2D eigenvalue weighted by atomic mass is 10.2. The summed E-state index contributed by atoms with van der Waals surface area (Å²) in [6, 6.07) is -0.0554. The molecule has 19 heavy (non-hydrogen) atoms. The maximum Gasteiger partial charge on any atom is 0.317 e. The van der Waals surface area contributed by atoms with Crippen LogP contribution in [0.1, 0.15) is 15.6 Å². The van der Waals surface area contributed by atoms with E-state index in [0.717, 1.165) is 15.6 Å². The molecule has 1 saturated heterocycles. The fraction of sp³-hybridized carbons (Fsp3) is 0.583. The van der Waals surface area contributed by atoms with Crippen LogP contribution in [0, 0.1) is 13.8 Å². The summed E-state index contributed by atoms with van der Waals surface area (Å²) in [5.41, 5.74) is 0.846. The number of carbonyl (C=O) groups excluding carboxylic acids is 2. The minimum Gasteiger partial charge on any atom is -0.354 e. The zero-order valence-corrected chi connectivity index (χ0v) is 12.0. The Morgan fingerprint density at radius 1 is 1.53 bits per heavy atom. The summed E-state index contributed by atoms with van der Waals surface area (Å²) in [7, 11) is 0. The van der Waals surface area contributed by atoms with Crippen LogP contribution in [0.15, 0.2) is 0 Å². The largest absolute Gasteiger partial charge is 0.354 e. The molecule has 3 amide bonds. The number of aromatic nitrogens is 1. The van der Waals surface area contributed by atoms with E-state index in [0.29, 0.717) is 32.6 Å². The van der Waals surface area contributed by atoms with Gasteiger partial charge in [-0.05, 0) is 13.8 Å². The molecule has 1 aromatic rings. The van der Waals surface area contributed by atoms with E-state index in [4.69, 9.17) is 0 Å². The number of nitrogens with one attached hydrogen (secondary N) is 2. The van der Waals surface area contributed by atoms with Gasteiger partial charge in [-0.2, -0.15) is 0 Å². The first-order valence-electron chi connectivity index (χ1n) is 6.28. The molecule has 0 unspecified atom stereocenters. The van der Waals surface area contributed by atoms with Crippen LogP contribution >= 0.6 is 11.3 Å². The van der Waals surface area contributed by atoms with E-state index in [1.54, 1.807) is 16.2 Å². The molecule has 7 heteroatoms. The molecule has 2 N–H and O–H groups in total. The van der Waals surface area contributed by atoms with E-state index in [1.165, 1.54) is 0 Å². The lowest BCUT2D eigenvalue weighted by Crippen LogP contribution is -2.37. The molecule has 104 valence electrons. The topological polar surface area (TPSA) is 74.3 Å². The lowest BCUT2D eigenvalue weighted by Gasteiger charge is -2.14. The highest BCUT2D eigenvalue weighted by atomic mass is 32.1. The summed E-state index contributed by atoms with van der Waals surface area (Å²) in [5.74, 6) is -0.0481. The summed E-state index contributed by atoms with van der Waals surface area (Å²) in [5, 5.41) is 6.52. The Bertz CT molecular complexity index is 486. The maximum atomic E-state index is 11.8. The molecule has 2 rings (SSSR count). The molecule has 0 spiro atoms. The van der Waals surface area contributed by atoms with E-state index < -0.39 is 0 Å². The number of carbonyl (C=O) groups is 2. The van der Waals surface area contributed by atoms with Crippen molar-refractivity contribution in [1.29, 1.82) is 0 Å². The Kier molecular flexibility index (Phi) is 4.36. The second-order valence-electron chi connectivity index (χ2n) is 4.48. The molecule has 1 aliphatic rings. The first-order chi connectivity index (χ1) is 9.06. The molecule has 0 aromatic carbocycles. The third kappa shape index (κ3) is 3.66. The Morgan fingerprint density at radius 2 is 2.32 bits per heavy atom. The molecule has 2 heterocycles. The highest BCUT2D eigenvalue weighted by molar-refractivity contribution is 7.11. The van der Waals surface area contributed by atoms with Gasteiger partial charge in [-0.1, -0.05) is 0 Å². The Morgan fingerprint density at radius 3 is 2.89 bits per heavy atom. The number of nitrogens with zero attached hydrogens (tertiary/aromatic N) is 2. The molecular formula is C12H18N4O2S. The number of hydrogen-bond donors (Lipinski definition) is 2. The van der Waals surface area contributed by atoms with Crippen molar-refractivity contribution in [2.45, 2.75) is 20.3 Å². The number of aryl methyl sites for hydroxylation is 2. The van der Waals surface area contributed by atoms with E-state index in [-0.39, 0.29) is 11.9 Å². The van der Waals surface area contributed by atoms with E-state index in [1.807, 2.05) is 13.8 Å². The van der Waals surface area contributed by atoms with Gasteiger partial charge in [0.2, 0.25) is 5.91 Å². The minimum atomic E-state index is -0.0554. The SMILES string of the molecule is Cc1nc(CC(=O)NCCN2CCNC2=O)c(C)s1. The highest BCUT2D eigenvalue weighted by Gasteiger charge is 2.18. The van der Waals surface area contributed by atoms with Crippen molar-refractivity contribution < 1.29 is 9.59 Å². The van der Waals surface area contributed by atoms with Crippen molar-refractivity contribution in [2.75, 3.05) is 26.2 Å². The number of amides is 3. The molecule has 0 bridgehead atoms. The molecule has 1 fully saturated rings. The summed E-state index contributed by atoms with van der Waals surface area (Å²) in [4.78, 5) is 30.2. The molecular weight excluding hydrogens is 264 g/mol. The average molecular weight is 282 g/mol. The fourth-order valence-corrected chi connectivity index (χ4v) is 2.84. The quantitative estimate of drug-likeness (QED) is 0.823. The first kappa shape index (κ1) is 13.8. The number of thiazole rings is 1. The van der Waals surface area contributed by atoms with E-state index in [2.05, 4.69) is 15.6 Å². The zero-order chi connectivity index (χ0) is 13.8. The molecule has 1 aliphatic heterocycles. The third-order valence-electron chi connectivity index (χ3n) is 2.98. The smallest absolute Gasteiger partial charge is 0.317 e. The second kappa shape index (κ2) is 6.01. The van der Waals surface area contributed by atoms with Gasteiger partial charge < -0.3 is 15.5 Å². The van der Waals surface area contributed by atoms with E-state index in [9.17, 15) is 9.59 Å². The molecule has 0 atom stereocenters. The summed E-state index contributed by atoms with van der Waals surface area (Å²) < 4.78 is 0. The van der Waals surface area contributed by atoms with Crippen LogP contribution in [0.25, 0.3) is 0 Å². The lowest BCUT2D eigenvalue weighted by molar-refractivity contribution is -0.120. The number of urea groups is 1. The van der Waals surface area contributed by atoms with Crippen molar-refractivity contribution in [3.05, 3.63) is 15.6 Å². The van der Waals surface area contributed by atoms with Gasteiger partial charge in [0.25, 0.3) is 0 Å². The van der Waals surface area contributed by atoms with Crippen molar-refractivity contribution in [1.82, 2.24) is 20.5 Å². The molecule has 0 aliphatic carbocycles. The average Bonchev–Trinajstić information content (AvgIpc) is 2.86. The molecule has 0 saturated carbocycles. The van der Waals surface area contributed by atoms with Gasteiger partial charge in [0.1, 0.15) is 0 Å². The van der Waals surface area contributed by atoms with Gasteiger partial charge in [-0.3, -0.25) is 4.79 Å². The fourth-order valence-electron chi connectivity index (χ4n) is 2.01. The zero-order valence-electron chi connectivity index (χ0n) is 11.2. The first-order valence-corrected chi connectivity index (χ1v) is 7.10. The molecule has 6 nitrogen and oxygen atoms in total. The van der Waals surface area contributed by atoms with Crippen molar-refractivity contribution >= 4 is 23.3 Å². The van der Waals surface area contributed by atoms with Crippen LogP contribution < -0.4 is 10.6 Å². The summed E-state index contributed by atoms with van der Waals surface area (Å²) in [6.07, 6.45) is 0.308. The van der Waals surface area contributed by atoms with Crippen LogP contribution in [-0.2, 0) is 11.2 Å². The molecule has 0 radical (unpaired) electrons. The normalized spacial score (nSPS) is 14.6. The van der Waals surface area contributed by atoms with Gasteiger partial charge in [0.15, 0.2) is 0 Å². The summed E-state index contributed by atoms with van der Waals surface area (Å²) in [6.45, 7) is 6.33. The second-order valence-corrected chi connectivity index (χ2v) is 5.89. The van der Waals surface area contributed by atoms with Crippen LogP contribution in [0.4, 0.5) is 4.79 Å². The number of hydrogen-bond acceptors (Lipinski definition) is 4. The van der Waals surface area contributed by atoms with Crippen LogP contribution in [0.3, 0.4) is 0 Å². The standard InChI is InChI=1S/C12H18N4O2S/c1-8-10(15-9(2)19-8)7-11(17)13-3-5-16-6-4-14-12(16)18/h3-7H2,1-2H3,(H,13,17)(H,14,18). The van der Waals surface area contributed by atoms with E-state index >= 15 is 0 Å². The third-order valence-corrected chi connectivity index (χ3v) is 3.91. The minimum absolute atomic E-state index is 0.0481. The predicted molar refractivity (Wildman–Crippen MR) is 73.3 cm³/mol.